The highest BCUT2D eigenvalue weighted by atomic mass is 16.2. The van der Waals surface area contributed by atoms with Crippen LogP contribution in [0.3, 0.4) is 0 Å². The van der Waals surface area contributed by atoms with Crippen LogP contribution in [-0.2, 0) is 9.59 Å². The Morgan fingerprint density at radius 2 is 2.05 bits per heavy atom. The molecule has 3 unspecified atom stereocenters. The summed E-state index contributed by atoms with van der Waals surface area (Å²) in [6, 6.07) is -0.504. The van der Waals surface area contributed by atoms with Gasteiger partial charge in [-0.25, -0.2) is 0 Å². The van der Waals surface area contributed by atoms with Gasteiger partial charge in [-0.3, -0.25) is 9.59 Å². The number of piperidine rings is 1. The van der Waals surface area contributed by atoms with Crippen LogP contribution >= 0.6 is 0 Å². The molecule has 2 rings (SSSR count). The van der Waals surface area contributed by atoms with Crippen molar-refractivity contribution in [2.75, 3.05) is 19.6 Å². The van der Waals surface area contributed by atoms with E-state index in [0.29, 0.717) is 5.92 Å². The van der Waals surface area contributed by atoms with E-state index < -0.39 is 0 Å². The number of carbonyl (C=O) groups excluding carboxylic acids is 2. The van der Waals surface area contributed by atoms with Crippen LogP contribution in [0.15, 0.2) is 0 Å². The number of piperazine rings is 1. The van der Waals surface area contributed by atoms with Crippen molar-refractivity contribution in [3.05, 3.63) is 0 Å². The van der Waals surface area contributed by atoms with E-state index in [1.54, 1.807) is 0 Å². The second kappa shape index (κ2) is 6.77. The second-order valence-electron chi connectivity index (χ2n) is 6.80. The number of likely N-dealkylation sites (N-methyl/N-ethyl adjacent to an activating group) is 1. The molecule has 2 fully saturated rings. The summed E-state index contributed by atoms with van der Waals surface area (Å²) in [5.74, 6) is 0.501. The molecule has 2 amide bonds. The molecule has 21 heavy (non-hydrogen) atoms. The maximum absolute atomic E-state index is 12.8. The Labute approximate surface area is 128 Å². The van der Waals surface area contributed by atoms with Crippen molar-refractivity contribution in [3.63, 3.8) is 0 Å². The van der Waals surface area contributed by atoms with Gasteiger partial charge in [0.15, 0.2) is 0 Å². The molecule has 0 aliphatic carbocycles. The molecule has 0 spiro atoms. The van der Waals surface area contributed by atoms with Gasteiger partial charge >= 0.3 is 0 Å². The van der Waals surface area contributed by atoms with E-state index in [2.05, 4.69) is 31.0 Å². The molecule has 2 saturated heterocycles. The van der Waals surface area contributed by atoms with Crippen LogP contribution in [0.2, 0.25) is 0 Å². The van der Waals surface area contributed by atoms with Gasteiger partial charge in [0.25, 0.3) is 0 Å². The number of amides is 2. The molecule has 2 heterocycles. The third-order valence-corrected chi connectivity index (χ3v) is 4.69. The average Bonchev–Trinajstić information content (AvgIpc) is 2.45. The first kappa shape index (κ1) is 16.3. The minimum Gasteiger partial charge on any atom is -0.343 e. The van der Waals surface area contributed by atoms with Gasteiger partial charge in [-0.2, -0.15) is 0 Å². The molecule has 120 valence electrons. The number of carbonyl (C=O) groups is 2. The Balaban J connectivity index is 2.14. The van der Waals surface area contributed by atoms with E-state index in [4.69, 9.17) is 0 Å². The Morgan fingerprint density at radius 1 is 1.33 bits per heavy atom. The molecule has 1 N–H and O–H groups in total. The fourth-order valence-electron chi connectivity index (χ4n) is 3.52. The summed E-state index contributed by atoms with van der Waals surface area (Å²) in [5, 5.41) is 2.90. The molecule has 0 bridgehead atoms. The zero-order valence-corrected chi connectivity index (χ0v) is 13.8. The molecule has 0 aromatic carbocycles. The predicted octanol–water partition coefficient (Wildman–Crippen LogP) is 1.23. The molecule has 0 radical (unpaired) electrons. The second-order valence-corrected chi connectivity index (χ2v) is 6.80. The SMILES string of the molecule is CCN1CCCC(N2C(=O)C(CC(C)C)NC(=O)C2C)C1. The molecule has 5 heteroatoms. The third-order valence-electron chi connectivity index (χ3n) is 4.69. The van der Waals surface area contributed by atoms with Gasteiger partial charge in [-0.15, -0.1) is 0 Å². The monoisotopic (exact) mass is 295 g/mol. The van der Waals surface area contributed by atoms with Crippen LogP contribution in [0.25, 0.3) is 0 Å². The van der Waals surface area contributed by atoms with Crippen molar-refractivity contribution in [3.8, 4) is 0 Å². The van der Waals surface area contributed by atoms with Crippen molar-refractivity contribution in [1.29, 1.82) is 0 Å². The van der Waals surface area contributed by atoms with E-state index in [0.717, 1.165) is 38.9 Å². The minimum absolute atomic E-state index is 0.00567. The highest BCUT2D eigenvalue weighted by molar-refractivity contribution is 5.96. The lowest BCUT2D eigenvalue weighted by Gasteiger charge is -2.45. The van der Waals surface area contributed by atoms with Gasteiger partial charge < -0.3 is 15.1 Å². The van der Waals surface area contributed by atoms with Crippen LogP contribution in [0.1, 0.15) is 47.0 Å². The predicted molar refractivity (Wildman–Crippen MR) is 82.8 cm³/mol. The lowest BCUT2D eigenvalue weighted by molar-refractivity contribution is -0.153. The van der Waals surface area contributed by atoms with Crippen molar-refractivity contribution >= 4 is 11.8 Å². The molecule has 3 atom stereocenters. The van der Waals surface area contributed by atoms with Crippen molar-refractivity contribution in [2.45, 2.75) is 65.1 Å². The molecule has 2 aliphatic rings. The Morgan fingerprint density at radius 3 is 2.67 bits per heavy atom. The number of hydrogen-bond donors (Lipinski definition) is 1. The van der Waals surface area contributed by atoms with Crippen molar-refractivity contribution < 1.29 is 9.59 Å². The van der Waals surface area contributed by atoms with Crippen molar-refractivity contribution in [2.24, 2.45) is 5.92 Å². The van der Waals surface area contributed by atoms with Crippen LogP contribution in [-0.4, -0.2) is 59.4 Å². The van der Waals surface area contributed by atoms with E-state index >= 15 is 0 Å². The van der Waals surface area contributed by atoms with E-state index in [9.17, 15) is 9.59 Å². The summed E-state index contributed by atoms with van der Waals surface area (Å²) in [6.07, 6.45) is 2.83. The number of hydrogen-bond acceptors (Lipinski definition) is 3. The molecule has 5 nitrogen and oxygen atoms in total. The Kier molecular flexibility index (Phi) is 5.25. The smallest absolute Gasteiger partial charge is 0.246 e. The number of nitrogens with zero attached hydrogens (tertiary/aromatic N) is 2. The normalized spacial score (nSPS) is 31.7. The molecule has 0 aromatic heterocycles. The lowest BCUT2D eigenvalue weighted by atomic mass is 9.95. The number of likely N-dealkylation sites (tertiary alicyclic amines) is 1. The fraction of sp³-hybridized carbons (Fsp3) is 0.875. The lowest BCUT2D eigenvalue weighted by Crippen LogP contribution is -2.66. The van der Waals surface area contributed by atoms with Gasteiger partial charge in [-0.1, -0.05) is 20.8 Å². The van der Waals surface area contributed by atoms with E-state index in [1.165, 1.54) is 0 Å². The summed E-state index contributed by atoms with van der Waals surface area (Å²) in [7, 11) is 0. The summed E-state index contributed by atoms with van der Waals surface area (Å²) < 4.78 is 0. The van der Waals surface area contributed by atoms with Gasteiger partial charge in [-0.05, 0) is 45.2 Å². The summed E-state index contributed by atoms with van der Waals surface area (Å²) in [6.45, 7) is 11.2. The zero-order valence-electron chi connectivity index (χ0n) is 13.8. The molecule has 2 aliphatic heterocycles. The van der Waals surface area contributed by atoms with Gasteiger partial charge in [0.2, 0.25) is 11.8 Å². The highest BCUT2D eigenvalue weighted by Crippen LogP contribution is 2.23. The third kappa shape index (κ3) is 3.57. The first-order valence-electron chi connectivity index (χ1n) is 8.29. The first-order valence-corrected chi connectivity index (χ1v) is 8.29. The highest BCUT2D eigenvalue weighted by Gasteiger charge is 2.42. The van der Waals surface area contributed by atoms with E-state index in [1.807, 2.05) is 11.8 Å². The van der Waals surface area contributed by atoms with Crippen LogP contribution in [0, 0.1) is 5.92 Å². The standard InChI is InChI=1S/C16H29N3O2/c1-5-18-8-6-7-13(10-18)19-12(4)15(20)17-14(16(19)21)9-11(2)3/h11-14H,5-10H2,1-4H3,(H,17,20). The maximum atomic E-state index is 12.8. The van der Waals surface area contributed by atoms with Crippen molar-refractivity contribution in [1.82, 2.24) is 15.1 Å². The topological polar surface area (TPSA) is 52.6 Å². The summed E-state index contributed by atoms with van der Waals surface area (Å²) in [5.41, 5.74) is 0. The maximum Gasteiger partial charge on any atom is 0.246 e. The quantitative estimate of drug-likeness (QED) is 0.849. The number of rotatable bonds is 4. The van der Waals surface area contributed by atoms with Gasteiger partial charge in [0, 0.05) is 12.6 Å². The molecular formula is C16H29N3O2. The molecular weight excluding hydrogens is 266 g/mol. The number of nitrogens with one attached hydrogen (secondary N) is 1. The zero-order chi connectivity index (χ0) is 15.6. The first-order chi connectivity index (χ1) is 9.93. The van der Waals surface area contributed by atoms with Gasteiger partial charge in [0.05, 0.1) is 0 Å². The van der Waals surface area contributed by atoms with Crippen LogP contribution < -0.4 is 5.32 Å². The van der Waals surface area contributed by atoms with Crippen LogP contribution in [0.5, 0.6) is 0 Å². The fourth-order valence-corrected chi connectivity index (χ4v) is 3.52. The summed E-state index contributed by atoms with van der Waals surface area (Å²) in [4.78, 5) is 29.3. The summed E-state index contributed by atoms with van der Waals surface area (Å²) >= 11 is 0. The van der Waals surface area contributed by atoms with E-state index in [-0.39, 0.29) is 29.9 Å². The van der Waals surface area contributed by atoms with Gasteiger partial charge in [0.1, 0.15) is 12.1 Å². The minimum atomic E-state index is -0.345. The molecule has 0 aromatic rings. The Bertz CT molecular complexity index is 397. The average molecular weight is 295 g/mol. The largest absolute Gasteiger partial charge is 0.343 e. The van der Waals surface area contributed by atoms with Crippen LogP contribution in [0.4, 0.5) is 0 Å². The molecule has 0 saturated carbocycles. The Hall–Kier alpha value is -1.10.